The van der Waals surface area contributed by atoms with Crippen molar-refractivity contribution >= 4 is 15.9 Å². The molecule has 0 aromatic heterocycles. The first-order chi connectivity index (χ1) is 6.15. The van der Waals surface area contributed by atoms with Crippen LogP contribution in [0.5, 0.6) is 5.75 Å². The van der Waals surface area contributed by atoms with Gasteiger partial charge in [-0.25, -0.2) is 0 Å². The maximum absolute atomic E-state index is 5.57. The first-order valence-electron chi connectivity index (χ1n) is 4.13. The molecular formula is C11H12BrO. The quantitative estimate of drug-likeness (QED) is 0.784. The van der Waals surface area contributed by atoms with Crippen LogP contribution in [0.4, 0.5) is 0 Å². The van der Waals surface area contributed by atoms with E-state index < -0.39 is 0 Å². The van der Waals surface area contributed by atoms with E-state index >= 15 is 0 Å². The zero-order valence-electron chi connectivity index (χ0n) is 7.80. The number of rotatable bonds is 3. The fraction of sp³-hybridized carbons (Fsp3) is 0.273. The van der Waals surface area contributed by atoms with Crippen LogP contribution in [0.1, 0.15) is 19.4 Å². The highest BCUT2D eigenvalue weighted by Gasteiger charge is 2.05. The summed E-state index contributed by atoms with van der Waals surface area (Å²) < 4.78 is 6.49. The molecule has 0 saturated carbocycles. The zero-order valence-corrected chi connectivity index (χ0v) is 9.39. The van der Waals surface area contributed by atoms with Gasteiger partial charge in [0.2, 0.25) is 0 Å². The van der Waals surface area contributed by atoms with Crippen LogP contribution in [-0.2, 0) is 0 Å². The van der Waals surface area contributed by atoms with Crippen LogP contribution in [0.25, 0.3) is 0 Å². The van der Waals surface area contributed by atoms with Crippen LogP contribution in [0.15, 0.2) is 29.3 Å². The van der Waals surface area contributed by atoms with Gasteiger partial charge in [0, 0.05) is 0 Å². The van der Waals surface area contributed by atoms with Crippen LogP contribution >= 0.6 is 15.9 Å². The van der Waals surface area contributed by atoms with E-state index in [0.717, 1.165) is 15.8 Å². The van der Waals surface area contributed by atoms with Crippen LogP contribution in [0.3, 0.4) is 0 Å². The second kappa shape index (κ2) is 4.47. The van der Waals surface area contributed by atoms with Gasteiger partial charge in [0.05, 0.1) is 10.6 Å². The highest BCUT2D eigenvalue weighted by Crippen LogP contribution is 2.29. The summed E-state index contributed by atoms with van der Waals surface area (Å²) in [6.07, 6.45) is 3.01. The van der Waals surface area contributed by atoms with E-state index in [1.807, 2.05) is 32.0 Å². The van der Waals surface area contributed by atoms with Gasteiger partial charge in [-0.1, -0.05) is 18.7 Å². The smallest absolute Gasteiger partial charge is 0.134 e. The standard InChI is InChI=1S/C11H12BrO/c1-4-9-6-5-7-10(11(9)12)13-8(2)3/h5-8H,1H2,2-3H3. The molecule has 1 radical (unpaired) electrons. The van der Waals surface area contributed by atoms with Gasteiger partial charge in [-0.05, 0) is 47.5 Å². The Morgan fingerprint density at radius 3 is 2.69 bits per heavy atom. The Balaban J connectivity index is 3.01. The van der Waals surface area contributed by atoms with Crippen LogP contribution in [0, 0.1) is 6.08 Å². The predicted octanol–water partition coefficient (Wildman–Crippen LogP) is 3.57. The highest BCUT2D eigenvalue weighted by atomic mass is 79.9. The molecule has 0 atom stereocenters. The lowest BCUT2D eigenvalue weighted by molar-refractivity contribution is 0.241. The third-order valence-corrected chi connectivity index (χ3v) is 2.33. The minimum absolute atomic E-state index is 0.177. The van der Waals surface area contributed by atoms with Crippen molar-refractivity contribution in [2.24, 2.45) is 0 Å². The van der Waals surface area contributed by atoms with Gasteiger partial charge >= 0.3 is 0 Å². The molecular weight excluding hydrogens is 228 g/mol. The minimum Gasteiger partial charge on any atom is -0.490 e. The van der Waals surface area contributed by atoms with E-state index in [1.165, 1.54) is 0 Å². The third kappa shape index (κ3) is 2.59. The van der Waals surface area contributed by atoms with Crippen molar-refractivity contribution in [3.05, 3.63) is 40.9 Å². The molecule has 69 valence electrons. The molecule has 2 heteroatoms. The van der Waals surface area contributed by atoms with E-state index in [9.17, 15) is 0 Å². The largest absolute Gasteiger partial charge is 0.490 e. The zero-order chi connectivity index (χ0) is 9.84. The molecule has 13 heavy (non-hydrogen) atoms. The van der Waals surface area contributed by atoms with Gasteiger partial charge in [-0.2, -0.15) is 0 Å². The molecule has 0 bridgehead atoms. The van der Waals surface area contributed by atoms with Gasteiger partial charge < -0.3 is 4.74 Å². The fourth-order valence-corrected chi connectivity index (χ4v) is 1.49. The average molecular weight is 240 g/mol. The predicted molar refractivity (Wildman–Crippen MR) is 57.9 cm³/mol. The number of hydrogen-bond acceptors (Lipinski definition) is 1. The Kier molecular flexibility index (Phi) is 3.55. The van der Waals surface area contributed by atoms with Gasteiger partial charge in [-0.3, -0.25) is 0 Å². The number of ether oxygens (including phenoxy) is 1. The topological polar surface area (TPSA) is 9.23 Å². The fourth-order valence-electron chi connectivity index (χ4n) is 0.992. The van der Waals surface area contributed by atoms with Crippen molar-refractivity contribution in [3.63, 3.8) is 0 Å². The molecule has 0 fully saturated rings. The van der Waals surface area contributed by atoms with Crippen molar-refractivity contribution in [2.45, 2.75) is 20.0 Å². The normalized spacial score (nSPS) is 10.2. The average Bonchev–Trinajstić information content (AvgIpc) is 2.08. The van der Waals surface area contributed by atoms with Crippen LogP contribution in [-0.4, -0.2) is 6.10 Å². The van der Waals surface area contributed by atoms with Gasteiger partial charge in [0.15, 0.2) is 0 Å². The van der Waals surface area contributed by atoms with Crippen molar-refractivity contribution in [1.82, 2.24) is 0 Å². The van der Waals surface area contributed by atoms with Gasteiger partial charge in [0.25, 0.3) is 0 Å². The number of benzene rings is 1. The summed E-state index contributed by atoms with van der Waals surface area (Å²) in [5.41, 5.74) is 0.929. The lowest BCUT2D eigenvalue weighted by Crippen LogP contribution is -2.06. The van der Waals surface area contributed by atoms with Crippen LogP contribution < -0.4 is 4.74 Å². The lowest BCUT2D eigenvalue weighted by atomic mass is 10.2. The maximum Gasteiger partial charge on any atom is 0.134 e. The van der Waals surface area contributed by atoms with Crippen LogP contribution in [0.2, 0.25) is 0 Å². The first kappa shape index (κ1) is 10.3. The van der Waals surface area contributed by atoms with Crippen molar-refractivity contribution < 1.29 is 4.74 Å². The Bertz CT molecular complexity index is 305. The second-order valence-electron chi connectivity index (χ2n) is 2.96. The molecule has 0 heterocycles. The van der Waals surface area contributed by atoms with E-state index in [2.05, 4.69) is 28.6 Å². The molecule has 1 rings (SSSR count). The summed E-state index contributed by atoms with van der Waals surface area (Å²) in [5, 5.41) is 0. The molecule has 0 N–H and O–H groups in total. The number of halogens is 1. The Morgan fingerprint density at radius 2 is 2.15 bits per heavy atom. The molecule has 0 amide bonds. The Labute approximate surface area is 87.5 Å². The monoisotopic (exact) mass is 239 g/mol. The Hall–Kier alpha value is -0.760. The third-order valence-electron chi connectivity index (χ3n) is 1.52. The molecule has 0 saturated heterocycles. The van der Waals surface area contributed by atoms with Crippen molar-refractivity contribution in [2.75, 3.05) is 0 Å². The highest BCUT2D eigenvalue weighted by molar-refractivity contribution is 9.10. The lowest BCUT2D eigenvalue weighted by Gasteiger charge is -2.12. The first-order valence-corrected chi connectivity index (χ1v) is 4.92. The van der Waals surface area contributed by atoms with E-state index in [-0.39, 0.29) is 6.10 Å². The van der Waals surface area contributed by atoms with Gasteiger partial charge in [0.1, 0.15) is 5.75 Å². The van der Waals surface area contributed by atoms with E-state index in [0.29, 0.717) is 0 Å². The maximum atomic E-state index is 5.57. The summed E-state index contributed by atoms with van der Waals surface area (Å²) in [5.74, 6) is 0.837. The summed E-state index contributed by atoms with van der Waals surface area (Å²) in [7, 11) is 0. The molecule has 1 aromatic carbocycles. The molecule has 0 aliphatic rings. The molecule has 0 aliphatic heterocycles. The SMILES string of the molecule is C=[C]c1cccc(OC(C)C)c1Br. The molecule has 1 nitrogen and oxygen atoms in total. The van der Waals surface area contributed by atoms with E-state index in [4.69, 9.17) is 4.74 Å². The summed E-state index contributed by atoms with van der Waals surface area (Å²) >= 11 is 3.44. The Morgan fingerprint density at radius 1 is 1.46 bits per heavy atom. The molecule has 0 spiro atoms. The summed E-state index contributed by atoms with van der Waals surface area (Å²) in [4.78, 5) is 0. The van der Waals surface area contributed by atoms with E-state index in [1.54, 1.807) is 0 Å². The molecule has 1 aromatic rings. The van der Waals surface area contributed by atoms with Gasteiger partial charge in [-0.15, -0.1) is 0 Å². The van der Waals surface area contributed by atoms with Crippen molar-refractivity contribution in [1.29, 1.82) is 0 Å². The summed E-state index contributed by atoms with van der Waals surface area (Å²) in [6, 6.07) is 5.78. The minimum atomic E-state index is 0.177. The van der Waals surface area contributed by atoms with Crippen molar-refractivity contribution in [3.8, 4) is 5.75 Å². The molecule has 0 unspecified atom stereocenters. The number of hydrogen-bond donors (Lipinski definition) is 0. The molecule has 0 aliphatic carbocycles. The second-order valence-corrected chi connectivity index (χ2v) is 3.75. The summed E-state index contributed by atoms with van der Waals surface area (Å²) in [6.45, 7) is 7.59.